The molecule has 0 fully saturated rings. The fourth-order valence-electron chi connectivity index (χ4n) is 3.83. The number of halogens is 3. The first-order chi connectivity index (χ1) is 17.2. The Morgan fingerprint density at radius 1 is 1.06 bits per heavy atom. The molecule has 3 amide bonds. The summed E-state index contributed by atoms with van der Waals surface area (Å²) in [5, 5.41) is 8.09. The van der Waals surface area contributed by atoms with Crippen molar-refractivity contribution >= 4 is 46.8 Å². The molecular formula is C26H22ClF2N3O3S. The normalized spacial score (nSPS) is 17.8. The number of hydrogen-bond acceptors (Lipinski definition) is 4. The average molecular weight is 530 g/mol. The van der Waals surface area contributed by atoms with E-state index in [0.717, 1.165) is 22.6 Å². The largest absolute Gasteiger partial charge is 0.344 e. The summed E-state index contributed by atoms with van der Waals surface area (Å²) in [5.74, 6) is -3.20. The molecular weight excluding hydrogens is 508 g/mol. The van der Waals surface area contributed by atoms with Crippen LogP contribution in [0.5, 0.6) is 0 Å². The summed E-state index contributed by atoms with van der Waals surface area (Å²) >= 11 is 7.51. The van der Waals surface area contributed by atoms with Crippen molar-refractivity contribution in [1.29, 1.82) is 0 Å². The fraction of sp³-hybridized carbons (Fsp3) is 0.192. The van der Waals surface area contributed by atoms with Gasteiger partial charge in [0.2, 0.25) is 17.7 Å². The highest BCUT2D eigenvalue weighted by Crippen LogP contribution is 2.44. The zero-order valence-corrected chi connectivity index (χ0v) is 20.6. The molecule has 0 saturated carbocycles. The Morgan fingerprint density at radius 2 is 1.75 bits per heavy atom. The number of hydrogen-bond donors (Lipinski definition) is 3. The van der Waals surface area contributed by atoms with Gasteiger partial charge in [0.25, 0.3) is 0 Å². The van der Waals surface area contributed by atoms with Crippen LogP contribution in [0.4, 0.5) is 14.5 Å². The summed E-state index contributed by atoms with van der Waals surface area (Å²) in [6.07, 6.45) is -0.311. The number of rotatable bonds is 6. The third-order valence-corrected chi connectivity index (χ3v) is 7.17. The lowest BCUT2D eigenvalue weighted by atomic mass is 10.0. The second-order valence-corrected chi connectivity index (χ2v) is 9.93. The predicted molar refractivity (Wildman–Crippen MR) is 135 cm³/mol. The second kappa shape index (κ2) is 11.1. The van der Waals surface area contributed by atoms with Gasteiger partial charge in [-0.3, -0.25) is 14.4 Å². The van der Waals surface area contributed by atoms with Gasteiger partial charge >= 0.3 is 0 Å². The van der Waals surface area contributed by atoms with E-state index in [2.05, 4.69) is 16.0 Å². The molecule has 4 rings (SSSR count). The van der Waals surface area contributed by atoms with Gasteiger partial charge in [-0.15, -0.1) is 11.8 Å². The van der Waals surface area contributed by atoms with Crippen LogP contribution in [-0.4, -0.2) is 29.8 Å². The molecule has 36 heavy (non-hydrogen) atoms. The van der Waals surface area contributed by atoms with Gasteiger partial charge in [-0.05, 0) is 48.4 Å². The van der Waals surface area contributed by atoms with Crippen LogP contribution >= 0.6 is 23.4 Å². The van der Waals surface area contributed by atoms with Gasteiger partial charge in [0.15, 0.2) is 0 Å². The molecule has 0 aromatic heterocycles. The van der Waals surface area contributed by atoms with E-state index >= 15 is 0 Å². The van der Waals surface area contributed by atoms with Crippen LogP contribution < -0.4 is 16.0 Å². The lowest BCUT2D eigenvalue weighted by Gasteiger charge is -2.26. The van der Waals surface area contributed by atoms with Crippen LogP contribution in [-0.2, 0) is 20.8 Å². The average Bonchev–Trinajstić information content (AvgIpc) is 2.94. The number of fused-ring (bicyclic) bond motifs is 1. The minimum atomic E-state index is -1.01. The van der Waals surface area contributed by atoms with Crippen molar-refractivity contribution in [3.05, 3.63) is 94.5 Å². The molecule has 1 aliphatic rings. The lowest BCUT2D eigenvalue weighted by Crippen LogP contribution is -2.53. The summed E-state index contributed by atoms with van der Waals surface area (Å²) < 4.78 is 26.8. The van der Waals surface area contributed by atoms with E-state index in [1.165, 1.54) is 18.7 Å². The minimum absolute atomic E-state index is 0.137. The quantitative estimate of drug-likeness (QED) is 0.434. The highest BCUT2D eigenvalue weighted by atomic mass is 35.5. The van der Waals surface area contributed by atoms with Crippen molar-refractivity contribution in [2.45, 2.75) is 35.6 Å². The van der Waals surface area contributed by atoms with Gasteiger partial charge in [0.05, 0.1) is 17.4 Å². The Labute approximate surface area is 215 Å². The Morgan fingerprint density at radius 3 is 2.44 bits per heavy atom. The van der Waals surface area contributed by atoms with Crippen molar-refractivity contribution in [1.82, 2.24) is 10.6 Å². The number of nitrogens with one attached hydrogen (secondary N) is 3. The monoisotopic (exact) mass is 529 g/mol. The van der Waals surface area contributed by atoms with Gasteiger partial charge < -0.3 is 16.0 Å². The molecule has 186 valence electrons. The van der Waals surface area contributed by atoms with Gasteiger partial charge in [-0.2, -0.15) is 0 Å². The molecule has 0 spiro atoms. The van der Waals surface area contributed by atoms with Crippen molar-refractivity contribution in [2.75, 3.05) is 5.32 Å². The smallest absolute Gasteiger partial charge is 0.248 e. The molecule has 1 heterocycles. The predicted octanol–water partition coefficient (Wildman–Crippen LogP) is 4.64. The summed E-state index contributed by atoms with van der Waals surface area (Å²) in [4.78, 5) is 39.4. The van der Waals surface area contributed by atoms with Crippen molar-refractivity contribution < 1.29 is 23.2 Å². The molecule has 10 heteroatoms. The molecule has 0 unspecified atom stereocenters. The SMILES string of the molecule is C[C@H](NC(=O)Cc1cc(F)cc(F)c1)C(=O)N[C@@H]1C(=O)Nc2cc(Cl)ccc2S[C@@H]1c1ccccc1. The number of carbonyl (C=O) groups excluding carboxylic acids is 3. The summed E-state index contributed by atoms with van der Waals surface area (Å²) in [7, 11) is 0. The molecule has 0 radical (unpaired) electrons. The highest BCUT2D eigenvalue weighted by Gasteiger charge is 2.36. The molecule has 0 aliphatic carbocycles. The topological polar surface area (TPSA) is 87.3 Å². The number of benzene rings is 3. The van der Waals surface area contributed by atoms with Crippen molar-refractivity contribution in [2.24, 2.45) is 0 Å². The van der Waals surface area contributed by atoms with E-state index in [9.17, 15) is 23.2 Å². The zero-order valence-electron chi connectivity index (χ0n) is 19.1. The number of anilines is 1. The minimum Gasteiger partial charge on any atom is -0.344 e. The second-order valence-electron chi connectivity index (χ2n) is 8.31. The standard InChI is InChI=1S/C26H22ClF2N3O3S/c1-14(30-22(33)11-15-9-18(28)13-19(29)10-15)25(34)32-23-24(16-5-3-2-4-6-16)36-21-8-7-17(27)12-20(21)31-26(23)35/h2-10,12-14,23-24H,11H2,1H3,(H,30,33)(H,31,35)(H,32,34)/t14-,23-,24+/m0/s1. The zero-order chi connectivity index (χ0) is 25.8. The molecule has 3 atom stereocenters. The van der Waals surface area contributed by atoms with E-state index < -0.39 is 46.7 Å². The molecule has 3 N–H and O–H groups in total. The van der Waals surface area contributed by atoms with Crippen LogP contribution in [0.3, 0.4) is 0 Å². The first-order valence-corrected chi connectivity index (χ1v) is 12.3. The van der Waals surface area contributed by atoms with Crippen LogP contribution in [0.15, 0.2) is 71.6 Å². The molecule has 3 aromatic carbocycles. The summed E-state index contributed by atoms with van der Waals surface area (Å²) in [5.41, 5.74) is 1.51. The maximum atomic E-state index is 13.4. The van der Waals surface area contributed by atoms with Crippen molar-refractivity contribution in [3.8, 4) is 0 Å². The van der Waals surface area contributed by atoms with Crippen LogP contribution in [0.2, 0.25) is 5.02 Å². The summed E-state index contributed by atoms with van der Waals surface area (Å²) in [6, 6.07) is 15.3. The first-order valence-electron chi connectivity index (χ1n) is 11.1. The van der Waals surface area contributed by atoms with Crippen LogP contribution in [0.1, 0.15) is 23.3 Å². The van der Waals surface area contributed by atoms with Crippen LogP contribution in [0.25, 0.3) is 0 Å². The van der Waals surface area contributed by atoms with E-state index in [-0.39, 0.29) is 12.0 Å². The van der Waals surface area contributed by atoms with Gasteiger partial charge in [-0.1, -0.05) is 41.9 Å². The first kappa shape index (κ1) is 25.7. The van der Waals surface area contributed by atoms with E-state index in [4.69, 9.17) is 11.6 Å². The Kier molecular flexibility index (Phi) is 7.91. The van der Waals surface area contributed by atoms with Gasteiger partial charge in [-0.25, -0.2) is 8.78 Å². The lowest BCUT2D eigenvalue weighted by molar-refractivity contribution is -0.130. The molecule has 1 aliphatic heterocycles. The summed E-state index contributed by atoms with van der Waals surface area (Å²) in [6.45, 7) is 1.47. The molecule has 6 nitrogen and oxygen atoms in total. The molecule has 0 bridgehead atoms. The number of thioether (sulfide) groups is 1. The van der Waals surface area contributed by atoms with Crippen molar-refractivity contribution in [3.63, 3.8) is 0 Å². The van der Waals surface area contributed by atoms with Gasteiger partial charge in [0, 0.05) is 16.0 Å². The fourth-order valence-corrected chi connectivity index (χ4v) is 5.28. The maximum absolute atomic E-state index is 13.4. The highest BCUT2D eigenvalue weighted by molar-refractivity contribution is 7.99. The Balaban J connectivity index is 1.50. The maximum Gasteiger partial charge on any atom is 0.248 e. The number of amides is 3. The third kappa shape index (κ3) is 6.22. The third-order valence-electron chi connectivity index (χ3n) is 5.52. The van der Waals surface area contributed by atoms with E-state index in [1.54, 1.807) is 18.2 Å². The van der Waals surface area contributed by atoms with E-state index in [1.807, 2.05) is 30.3 Å². The van der Waals surface area contributed by atoms with E-state index in [0.29, 0.717) is 16.8 Å². The molecule has 3 aromatic rings. The van der Waals surface area contributed by atoms with Gasteiger partial charge in [0.1, 0.15) is 23.7 Å². The number of carbonyl (C=O) groups is 3. The molecule has 0 saturated heterocycles. The van der Waals surface area contributed by atoms with Crippen LogP contribution in [0, 0.1) is 11.6 Å². The Hall–Kier alpha value is -3.43. The Bertz CT molecular complexity index is 1290.